The average molecular weight is 567 g/mol. The van der Waals surface area contributed by atoms with Crippen molar-refractivity contribution in [2.24, 2.45) is 4.99 Å². The van der Waals surface area contributed by atoms with Crippen molar-refractivity contribution >= 4 is 40.4 Å². The molecule has 3 aliphatic heterocycles. The maximum absolute atomic E-state index is 13.5. The lowest BCUT2D eigenvalue weighted by Crippen LogP contribution is -2.42. The number of morpholine rings is 1. The third-order valence-electron chi connectivity index (χ3n) is 6.83. The second-order valence-corrected chi connectivity index (χ2v) is 10.7. The fourth-order valence-corrected chi connectivity index (χ4v) is 6.03. The smallest absolute Gasteiger partial charge is 0.338 e. The Morgan fingerprint density at radius 1 is 1.13 bits per heavy atom. The van der Waals surface area contributed by atoms with Gasteiger partial charge in [-0.15, -0.1) is 0 Å². The van der Waals surface area contributed by atoms with E-state index in [1.807, 2.05) is 65.8 Å². The van der Waals surface area contributed by atoms with Crippen molar-refractivity contribution in [3.63, 3.8) is 0 Å². The number of fused-ring (bicyclic) bond motifs is 1. The summed E-state index contributed by atoms with van der Waals surface area (Å²) < 4.78 is 11.1. The van der Waals surface area contributed by atoms with Gasteiger partial charge in [-0.3, -0.25) is 9.69 Å². The van der Waals surface area contributed by atoms with E-state index in [9.17, 15) is 9.59 Å². The minimum Gasteiger partial charge on any atom is -0.457 e. The van der Waals surface area contributed by atoms with E-state index in [1.165, 1.54) is 11.8 Å². The maximum atomic E-state index is 13.5. The van der Waals surface area contributed by atoms with Crippen molar-refractivity contribution in [1.82, 2.24) is 15.1 Å². The number of carbonyl (C=O) groups excluding carboxylic acids is 2. The molecule has 5 rings (SSSR count). The quantitative estimate of drug-likeness (QED) is 0.448. The number of esters is 1. The van der Waals surface area contributed by atoms with Crippen LogP contribution in [0, 0.1) is 0 Å². The minimum atomic E-state index is -0.572. The van der Waals surface area contributed by atoms with E-state index in [1.54, 1.807) is 6.07 Å². The molecule has 2 aromatic carbocycles. The van der Waals surface area contributed by atoms with Crippen LogP contribution in [0.25, 0.3) is 0 Å². The number of rotatable bonds is 9. The summed E-state index contributed by atoms with van der Waals surface area (Å²) in [4.78, 5) is 35.5. The van der Waals surface area contributed by atoms with Crippen LogP contribution in [0.3, 0.4) is 0 Å². The first kappa shape index (κ1) is 27.5. The van der Waals surface area contributed by atoms with Gasteiger partial charge in [0.05, 0.1) is 36.9 Å². The van der Waals surface area contributed by atoms with Crippen LogP contribution in [0.5, 0.6) is 0 Å². The zero-order valence-corrected chi connectivity index (χ0v) is 23.3. The number of amides is 1. The fraction of sp³-hybridized carbons (Fsp3) is 0.345. The van der Waals surface area contributed by atoms with Crippen LogP contribution in [-0.4, -0.2) is 66.2 Å². The lowest BCUT2D eigenvalue weighted by atomic mass is 9.93. The summed E-state index contributed by atoms with van der Waals surface area (Å²) >= 11 is 8.11. The Morgan fingerprint density at radius 3 is 2.64 bits per heavy atom. The van der Waals surface area contributed by atoms with E-state index in [-0.39, 0.29) is 18.9 Å². The molecule has 0 saturated carbocycles. The molecule has 0 aromatic heterocycles. The molecule has 39 heavy (non-hydrogen) atoms. The standard InChI is InChI=1S/C29H31ClN4O4S/c1-20-26(28(36)38-18-21-7-3-2-4-8-21)27(23-9-5-6-10-24(23)30)34-22(19-39-29(34)32-20)17-25(35)31-11-12-33-13-15-37-16-14-33/h2-10,19,27H,11-18H2,1H3,(H,31,35). The van der Waals surface area contributed by atoms with Crippen LogP contribution in [-0.2, 0) is 25.7 Å². The predicted molar refractivity (Wildman–Crippen MR) is 153 cm³/mol. The van der Waals surface area contributed by atoms with Gasteiger partial charge in [-0.1, -0.05) is 71.9 Å². The first-order valence-electron chi connectivity index (χ1n) is 13.0. The number of hydrogen-bond donors (Lipinski definition) is 1. The number of thioether (sulfide) groups is 1. The van der Waals surface area contributed by atoms with Gasteiger partial charge < -0.3 is 19.7 Å². The summed E-state index contributed by atoms with van der Waals surface area (Å²) in [5.74, 6) is -0.552. The Kier molecular flexibility index (Phi) is 9.03. The first-order chi connectivity index (χ1) is 19.0. The van der Waals surface area contributed by atoms with E-state index in [0.717, 1.165) is 49.7 Å². The molecule has 3 aliphatic rings. The second kappa shape index (κ2) is 12.8. The zero-order chi connectivity index (χ0) is 27.2. The normalized spacial score (nSPS) is 19.3. The Balaban J connectivity index is 1.34. The van der Waals surface area contributed by atoms with E-state index < -0.39 is 12.0 Å². The predicted octanol–water partition coefficient (Wildman–Crippen LogP) is 4.50. The van der Waals surface area contributed by atoms with Crippen molar-refractivity contribution in [3.8, 4) is 0 Å². The molecule has 1 amide bonds. The minimum absolute atomic E-state index is 0.0891. The van der Waals surface area contributed by atoms with Gasteiger partial charge >= 0.3 is 5.97 Å². The molecule has 1 N–H and O–H groups in total. The van der Waals surface area contributed by atoms with Gasteiger partial charge in [0.2, 0.25) is 5.91 Å². The first-order valence-corrected chi connectivity index (χ1v) is 14.2. The molecule has 0 spiro atoms. The molecule has 3 heterocycles. The van der Waals surface area contributed by atoms with Crippen molar-refractivity contribution < 1.29 is 19.1 Å². The maximum Gasteiger partial charge on any atom is 0.338 e. The summed E-state index contributed by atoms with van der Waals surface area (Å²) in [5.41, 5.74) is 3.38. The van der Waals surface area contributed by atoms with Gasteiger partial charge in [-0.2, -0.15) is 0 Å². The third kappa shape index (κ3) is 6.55. The SMILES string of the molecule is CC1=C(C(=O)OCc2ccccc2)C(c2ccccc2Cl)N2C(CC(=O)NCCN3CCOCC3)=CSC2=N1. The molecular formula is C29H31ClN4O4S. The number of halogens is 1. The lowest BCUT2D eigenvalue weighted by molar-refractivity contribution is -0.141. The highest BCUT2D eigenvalue weighted by Crippen LogP contribution is 2.46. The molecule has 2 aromatic rings. The molecule has 1 unspecified atom stereocenters. The highest BCUT2D eigenvalue weighted by molar-refractivity contribution is 8.16. The number of nitrogens with one attached hydrogen (secondary N) is 1. The molecule has 1 atom stereocenters. The second-order valence-electron chi connectivity index (χ2n) is 9.46. The summed E-state index contributed by atoms with van der Waals surface area (Å²) in [6.07, 6.45) is 0.154. The molecule has 8 nitrogen and oxygen atoms in total. The topological polar surface area (TPSA) is 83.5 Å². The van der Waals surface area contributed by atoms with E-state index in [4.69, 9.17) is 26.1 Å². The Hall–Kier alpha value is -3.11. The van der Waals surface area contributed by atoms with Crippen LogP contribution < -0.4 is 5.32 Å². The fourth-order valence-electron chi connectivity index (χ4n) is 4.83. The number of hydrogen-bond acceptors (Lipinski definition) is 8. The van der Waals surface area contributed by atoms with Gasteiger partial charge in [0, 0.05) is 36.9 Å². The molecule has 0 bridgehead atoms. The molecule has 10 heteroatoms. The summed E-state index contributed by atoms with van der Waals surface area (Å²) in [7, 11) is 0. The number of aliphatic imine (C=N–C) groups is 1. The van der Waals surface area contributed by atoms with Gasteiger partial charge in [-0.25, -0.2) is 9.79 Å². The Labute approximate surface area is 237 Å². The summed E-state index contributed by atoms with van der Waals surface area (Å²) in [6.45, 7) is 6.49. The Morgan fingerprint density at radius 2 is 1.87 bits per heavy atom. The van der Waals surface area contributed by atoms with Gasteiger partial charge in [0.1, 0.15) is 6.61 Å². The summed E-state index contributed by atoms with van der Waals surface area (Å²) in [6, 6.07) is 16.4. The highest BCUT2D eigenvalue weighted by atomic mass is 35.5. The largest absolute Gasteiger partial charge is 0.457 e. The number of benzene rings is 2. The monoisotopic (exact) mass is 566 g/mol. The van der Waals surface area contributed by atoms with Crippen LogP contribution in [0.15, 0.2) is 82.0 Å². The molecule has 0 radical (unpaired) electrons. The van der Waals surface area contributed by atoms with Gasteiger partial charge in [-0.05, 0) is 29.5 Å². The van der Waals surface area contributed by atoms with E-state index in [2.05, 4.69) is 10.2 Å². The average Bonchev–Trinajstić information content (AvgIpc) is 3.34. The lowest BCUT2D eigenvalue weighted by Gasteiger charge is -2.36. The molecule has 1 saturated heterocycles. The molecule has 0 aliphatic carbocycles. The van der Waals surface area contributed by atoms with Crippen molar-refractivity contribution in [1.29, 1.82) is 0 Å². The number of nitrogens with zero attached hydrogens (tertiary/aromatic N) is 3. The van der Waals surface area contributed by atoms with E-state index >= 15 is 0 Å². The summed E-state index contributed by atoms with van der Waals surface area (Å²) in [5, 5.41) is 6.18. The number of amidine groups is 1. The van der Waals surface area contributed by atoms with Crippen LogP contribution >= 0.6 is 23.4 Å². The van der Waals surface area contributed by atoms with Crippen molar-refractivity contribution in [3.05, 3.63) is 93.1 Å². The van der Waals surface area contributed by atoms with Crippen LogP contribution in [0.1, 0.15) is 30.5 Å². The Bertz CT molecular complexity index is 1310. The molecule has 1 fully saturated rings. The van der Waals surface area contributed by atoms with Crippen molar-refractivity contribution in [2.75, 3.05) is 39.4 Å². The number of ether oxygens (including phenoxy) is 2. The third-order valence-corrected chi connectivity index (χ3v) is 8.06. The van der Waals surface area contributed by atoms with Crippen molar-refractivity contribution in [2.45, 2.75) is 26.0 Å². The molecule has 204 valence electrons. The van der Waals surface area contributed by atoms with Gasteiger partial charge in [0.15, 0.2) is 5.17 Å². The number of carbonyl (C=O) groups is 2. The zero-order valence-electron chi connectivity index (χ0n) is 21.8. The highest BCUT2D eigenvalue weighted by Gasteiger charge is 2.41. The molecular weight excluding hydrogens is 536 g/mol. The van der Waals surface area contributed by atoms with Crippen LogP contribution in [0.2, 0.25) is 5.02 Å². The number of allylic oxidation sites excluding steroid dienone is 1. The van der Waals surface area contributed by atoms with Crippen LogP contribution in [0.4, 0.5) is 0 Å². The van der Waals surface area contributed by atoms with E-state index in [0.29, 0.717) is 28.0 Å². The van der Waals surface area contributed by atoms with Gasteiger partial charge in [0.25, 0.3) is 0 Å².